The van der Waals surface area contributed by atoms with Crippen molar-refractivity contribution >= 4 is 17.4 Å². The first-order valence-corrected chi connectivity index (χ1v) is 8.31. The van der Waals surface area contributed by atoms with Gasteiger partial charge in [-0.3, -0.25) is 4.79 Å². The Balaban J connectivity index is 1.63. The molecule has 2 aromatic rings. The van der Waals surface area contributed by atoms with Crippen molar-refractivity contribution in [2.45, 2.75) is 38.5 Å². The normalized spacial score (nSPS) is 15.0. The first-order valence-electron chi connectivity index (χ1n) is 8.31. The number of carbonyl (C=O) groups is 1. The third kappa shape index (κ3) is 3.57. The molecule has 1 fully saturated rings. The highest BCUT2D eigenvalue weighted by atomic mass is 16.1. The van der Waals surface area contributed by atoms with Crippen LogP contribution in [0.25, 0.3) is 5.69 Å². The minimum absolute atomic E-state index is 0.0695. The van der Waals surface area contributed by atoms with Crippen LogP contribution in [0.3, 0.4) is 0 Å². The number of hydrogen-bond acceptors (Lipinski definition) is 4. The summed E-state index contributed by atoms with van der Waals surface area (Å²) in [6.07, 6.45) is 8.13. The van der Waals surface area contributed by atoms with E-state index in [2.05, 4.69) is 10.4 Å². The molecule has 0 spiro atoms. The van der Waals surface area contributed by atoms with Crippen molar-refractivity contribution in [2.24, 2.45) is 5.92 Å². The second-order valence-electron chi connectivity index (χ2n) is 6.27. The summed E-state index contributed by atoms with van der Waals surface area (Å²) in [5.41, 5.74) is 7.73. The van der Waals surface area contributed by atoms with E-state index in [-0.39, 0.29) is 5.91 Å². The van der Waals surface area contributed by atoms with Crippen LogP contribution in [0.15, 0.2) is 30.5 Å². The van der Waals surface area contributed by atoms with Crippen molar-refractivity contribution in [3.63, 3.8) is 0 Å². The van der Waals surface area contributed by atoms with Crippen LogP contribution in [0.1, 0.15) is 44.1 Å². The number of nitrogens with zero attached hydrogens (tertiary/aromatic N) is 3. The van der Waals surface area contributed by atoms with Crippen LogP contribution in [0, 0.1) is 17.2 Å². The molecule has 6 heteroatoms. The number of nitrogen functional groups attached to an aromatic ring is 1. The predicted molar refractivity (Wildman–Crippen MR) is 92.5 cm³/mol. The Morgan fingerprint density at radius 2 is 2.00 bits per heavy atom. The fraction of sp³-hybridized carbons (Fsp3) is 0.389. The number of hydrogen-bond donors (Lipinski definition) is 2. The van der Waals surface area contributed by atoms with Gasteiger partial charge in [0.15, 0.2) is 0 Å². The van der Waals surface area contributed by atoms with Gasteiger partial charge in [0.05, 0.1) is 11.9 Å². The SMILES string of the molecule is N#Cc1cnn(-c2ccc(NC(=O)CC3CCCCC3)cc2)c1N. The number of nitrogens with one attached hydrogen (secondary N) is 1. The molecule has 1 aromatic heterocycles. The molecule has 0 bridgehead atoms. The predicted octanol–water partition coefficient (Wildman–Crippen LogP) is 3.24. The minimum Gasteiger partial charge on any atom is -0.382 e. The van der Waals surface area contributed by atoms with Gasteiger partial charge >= 0.3 is 0 Å². The maximum atomic E-state index is 12.1. The lowest BCUT2D eigenvalue weighted by Crippen LogP contribution is -2.18. The van der Waals surface area contributed by atoms with Gasteiger partial charge in [-0.15, -0.1) is 0 Å². The highest BCUT2D eigenvalue weighted by Crippen LogP contribution is 2.26. The highest BCUT2D eigenvalue weighted by Gasteiger charge is 2.17. The van der Waals surface area contributed by atoms with Crippen LogP contribution in [-0.2, 0) is 4.79 Å². The molecule has 1 amide bonds. The maximum Gasteiger partial charge on any atom is 0.224 e. The number of aromatic nitrogens is 2. The van der Waals surface area contributed by atoms with Gasteiger partial charge < -0.3 is 11.1 Å². The molecular formula is C18H21N5O. The van der Waals surface area contributed by atoms with Gasteiger partial charge in [-0.25, -0.2) is 4.68 Å². The quantitative estimate of drug-likeness (QED) is 0.902. The Kier molecular flexibility index (Phi) is 4.80. The van der Waals surface area contributed by atoms with Crippen LogP contribution in [-0.4, -0.2) is 15.7 Å². The first-order chi connectivity index (χ1) is 11.7. The lowest BCUT2D eigenvalue weighted by Gasteiger charge is -2.20. The average molecular weight is 323 g/mol. The molecule has 1 aliphatic rings. The molecule has 0 saturated heterocycles. The van der Waals surface area contributed by atoms with Gasteiger partial charge in [0.1, 0.15) is 17.5 Å². The third-order valence-corrected chi connectivity index (χ3v) is 4.52. The number of amides is 1. The summed E-state index contributed by atoms with van der Waals surface area (Å²) in [5, 5.41) is 16.0. The molecule has 1 aliphatic carbocycles. The largest absolute Gasteiger partial charge is 0.382 e. The number of carbonyl (C=O) groups excluding carboxylic acids is 1. The van der Waals surface area contributed by atoms with Gasteiger partial charge in [-0.05, 0) is 43.0 Å². The van der Waals surface area contributed by atoms with Crippen LogP contribution >= 0.6 is 0 Å². The third-order valence-electron chi connectivity index (χ3n) is 4.52. The summed E-state index contributed by atoms with van der Waals surface area (Å²) < 4.78 is 1.51. The second-order valence-corrected chi connectivity index (χ2v) is 6.27. The molecule has 1 aromatic carbocycles. The van der Waals surface area contributed by atoms with Crippen LogP contribution in [0.5, 0.6) is 0 Å². The van der Waals surface area contributed by atoms with Gasteiger partial charge in [-0.1, -0.05) is 19.3 Å². The fourth-order valence-corrected chi connectivity index (χ4v) is 3.20. The van der Waals surface area contributed by atoms with E-state index in [1.54, 1.807) is 0 Å². The minimum atomic E-state index is 0.0695. The molecule has 3 rings (SSSR count). The van der Waals surface area contributed by atoms with Crippen LogP contribution in [0.2, 0.25) is 0 Å². The van der Waals surface area contributed by atoms with Crippen molar-refractivity contribution < 1.29 is 4.79 Å². The van der Waals surface area contributed by atoms with Gasteiger partial charge in [0.2, 0.25) is 5.91 Å². The molecule has 24 heavy (non-hydrogen) atoms. The van der Waals surface area contributed by atoms with Crippen molar-refractivity contribution in [3.8, 4) is 11.8 Å². The smallest absolute Gasteiger partial charge is 0.224 e. The van der Waals surface area contributed by atoms with E-state index in [1.165, 1.54) is 30.1 Å². The fourth-order valence-electron chi connectivity index (χ4n) is 3.20. The molecule has 0 unspecified atom stereocenters. The summed E-state index contributed by atoms with van der Waals surface area (Å²) in [6.45, 7) is 0. The summed E-state index contributed by atoms with van der Waals surface area (Å²) in [7, 11) is 0. The molecule has 124 valence electrons. The molecular weight excluding hydrogens is 302 g/mol. The summed E-state index contributed by atoms with van der Waals surface area (Å²) >= 11 is 0. The first kappa shape index (κ1) is 16.1. The number of nitriles is 1. The van der Waals surface area contributed by atoms with E-state index in [0.29, 0.717) is 23.7 Å². The molecule has 0 radical (unpaired) electrons. The zero-order valence-electron chi connectivity index (χ0n) is 13.5. The second kappa shape index (κ2) is 7.18. The monoisotopic (exact) mass is 323 g/mol. The molecule has 1 saturated carbocycles. The van der Waals surface area contributed by atoms with Crippen LogP contribution in [0.4, 0.5) is 11.5 Å². The lowest BCUT2D eigenvalue weighted by atomic mass is 9.87. The van der Waals surface area contributed by atoms with Gasteiger partial charge in [-0.2, -0.15) is 10.4 Å². The van der Waals surface area contributed by atoms with E-state index in [0.717, 1.165) is 24.2 Å². The van der Waals surface area contributed by atoms with Crippen molar-refractivity contribution in [3.05, 3.63) is 36.0 Å². The molecule has 0 atom stereocenters. The molecule has 0 aliphatic heterocycles. The molecule has 6 nitrogen and oxygen atoms in total. The molecule has 1 heterocycles. The molecule has 3 N–H and O–H groups in total. The summed E-state index contributed by atoms with van der Waals surface area (Å²) in [6, 6.07) is 9.28. The van der Waals surface area contributed by atoms with E-state index in [1.807, 2.05) is 30.3 Å². The van der Waals surface area contributed by atoms with Crippen LogP contribution < -0.4 is 11.1 Å². The Hall–Kier alpha value is -2.81. The maximum absolute atomic E-state index is 12.1. The summed E-state index contributed by atoms with van der Waals surface area (Å²) in [5.74, 6) is 0.901. The zero-order chi connectivity index (χ0) is 16.9. The number of nitrogens with two attached hydrogens (primary N) is 1. The van der Waals surface area contributed by atoms with Crippen molar-refractivity contribution in [1.29, 1.82) is 5.26 Å². The van der Waals surface area contributed by atoms with Gasteiger partial charge in [0, 0.05) is 12.1 Å². The standard InChI is InChI=1S/C18H21N5O/c19-11-14-12-21-23(18(14)20)16-8-6-15(7-9-16)22-17(24)10-13-4-2-1-3-5-13/h6-9,12-13H,1-5,10,20H2,(H,22,24). The number of rotatable bonds is 4. The van der Waals surface area contributed by atoms with E-state index < -0.39 is 0 Å². The number of benzene rings is 1. The Morgan fingerprint density at radius 1 is 1.29 bits per heavy atom. The average Bonchev–Trinajstić information content (AvgIpc) is 2.97. The highest BCUT2D eigenvalue weighted by molar-refractivity contribution is 5.90. The van der Waals surface area contributed by atoms with Crippen molar-refractivity contribution in [1.82, 2.24) is 9.78 Å². The topological polar surface area (TPSA) is 96.7 Å². The zero-order valence-corrected chi connectivity index (χ0v) is 13.5. The Bertz CT molecular complexity index is 751. The van der Waals surface area contributed by atoms with Crippen molar-refractivity contribution in [2.75, 3.05) is 11.1 Å². The lowest BCUT2D eigenvalue weighted by molar-refractivity contribution is -0.117. The number of anilines is 2. The summed E-state index contributed by atoms with van der Waals surface area (Å²) in [4.78, 5) is 12.1. The van der Waals surface area contributed by atoms with E-state index in [4.69, 9.17) is 11.0 Å². The Morgan fingerprint density at radius 3 is 2.62 bits per heavy atom. The van der Waals surface area contributed by atoms with E-state index in [9.17, 15) is 4.79 Å². The Labute approximate surface area is 141 Å². The van der Waals surface area contributed by atoms with Gasteiger partial charge in [0.25, 0.3) is 0 Å². The van der Waals surface area contributed by atoms with E-state index >= 15 is 0 Å².